The number of piperidine rings is 1. The average Bonchev–Trinajstić information content (AvgIpc) is 3.13. The van der Waals surface area contributed by atoms with Crippen LogP contribution < -0.4 is 11.1 Å². The molecule has 3 N–H and O–H groups in total. The number of aromatic nitrogens is 3. The van der Waals surface area contributed by atoms with Crippen molar-refractivity contribution >= 4 is 17.5 Å². The van der Waals surface area contributed by atoms with Crippen molar-refractivity contribution in [3.8, 4) is 0 Å². The molecule has 3 rings (SSSR count). The lowest BCUT2D eigenvalue weighted by Gasteiger charge is -2.33. The number of carbonyl (C=O) groups excluding carboxylic acids is 2. The molecule has 8 nitrogen and oxygen atoms in total. The fourth-order valence-electron chi connectivity index (χ4n) is 4.33. The summed E-state index contributed by atoms with van der Waals surface area (Å²) in [7, 11) is 0. The molecule has 1 aliphatic rings. The number of nitrogens with one attached hydrogen (secondary N) is 1. The molecule has 0 bridgehead atoms. The van der Waals surface area contributed by atoms with E-state index in [0.29, 0.717) is 30.1 Å². The summed E-state index contributed by atoms with van der Waals surface area (Å²) in [5.74, 6) is -0.489. The minimum absolute atomic E-state index is 0.0542. The predicted octanol–water partition coefficient (Wildman–Crippen LogP) is 2.15. The maximum absolute atomic E-state index is 12.3. The lowest BCUT2D eigenvalue weighted by Crippen LogP contribution is -2.38. The van der Waals surface area contributed by atoms with Crippen molar-refractivity contribution in [1.82, 2.24) is 24.8 Å². The van der Waals surface area contributed by atoms with E-state index in [4.69, 9.17) is 5.73 Å². The molecule has 0 aliphatic carbocycles. The second-order valence-electron chi connectivity index (χ2n) is 8.36. The Kier molecular flexibility index (Phi) is 7.42. The van der Waals surface area contributed by atoms with Crippen molar-refractivity contribution < 1.29 is 9.59 Å². The number of rotatable bonds is 9. The molecule has 1 atom stereocenters. The van der Waals surface area contributed by atoms with E-state index < -0.39 is 5.91 Å². The van der Waals surface area contributed by atoms with Gasteiger partial charge >= 0.3 is 0 Å². The minimum Gasteiger partial charge on any atom is -0.365 e. The standard InChI is InChI=1S/C22H34N6O2/c1-15-8-4-6-12-27(15)13-7-5-11-24-20(29)10-9-18-16(2)26-22-19(21(23)30)14-25-28(22)17(18)3/h14-15H,4-13H2,1-3H3,(H2,23,30)(H,24,29). The van der Waals surface area contributed by atoms with E-state index in [1.807, 2.05) is 13.8 Å². The monoisotopic (exact) mass is 414 g/mol. The van der Waals surface area contributed by atoms with Gasteiger partial charge in [-0.3, -0.25) is 9.59 Å². The summed E-state index contributed by atoms with van der Waals surface area (Å²) in [6, 6.07) is 0.694. The van der Waals surface area contributed by atoms with Crippen molar-refractivity contribution in [3.05, 3.63) is 28.7 Å². The van der Waals surface area contributed by atoms with E-state index in [-0.39, 0.29) is 5.91 Å². The lowest BCUT2D eigenvalue weighted by atomic mass is 10.0. The third kappa shape index (κ3) is 5.16. The second-order valence-corrected chi connectivity index (χ2v) is 8.36. The molecule has 2 aromatic rings. The first-order chi connectivity index (χ1) is 14.4. The summed E-state index contributed by atoms with van der Waals surface area (Å²) in [6.45, 7) is 9.18. The normalized spacial score (nSPS) is 17.4. The van der Waals surface area contributed by atoms with Crippen molar-refractivity contribution in [2.24, 2.45) is 5.73 Å². The largest absolute Gasteiger partial charge is 0.365 e. The number of hydrogen-bond donors (Lipinski definition) is 2. The van der Waals surface area contributed by atoms with Gasteiger partial charge in [0.2, 0.25) is 5.91 Å². The third-order valence-corrected chi connectivity index (χ3v) is 6.21. The van der Waals surface area contributed by atoms with Gasteiger partial charge in [-0.1, -0.05) is 6.42 Å². The van der Waals surface area contributed by atoms with Crippen molar-refractivity contribution in [2.75, 3.05) is 19.6 Å². The van der Waals surface area contributed by atoms with E-state index in [1.165, 1.54) is 32.0 Å². The fourth-order valence-corrected chi connectivity index (χ4v) is 4.33. The van der Waals surface area contributed by atoms with Crippen LogP contribution in [0.1, 0.15) is 72.8 Å². The fraction of sp³-hybridized carbons (Fsp3) is 0.636. The highest BCUT2D eigenvalue weighted by Crippen LogP contribution is 2.19. The van der Waals surface area contributed by atoms with Crippen LogP contribution in [-0.2, 0) is 11.2 Å². The van der Waals surface area contributed by atoms with Crippen molar-refractivity contribution in [1.29, 1.82) is 0 Å². The molecule has 0 saturated carbocycles. The summed E-state index contributed by atoms with van der Waals surface area (Å²) in [6.07, 6.45) is 8.52. The van der Waals surface area contributed by atoms with Crippen LogP contribution in [0.5, 0.6) is 0 Å². The smallest absolute Gasteiger partial charge is 0.254 e. The van der Waals surface area contributed by atoms with Crippen LogP contribution in [-0.4, -0.2) is 57.0 Å². The molecule has 1 aliphatic heterocycles. The zero-order valence-electron chi connectivity index (χ0n) is 18.4. The molecule has 2 amide bonds. The van der Waals surface area contributed by atoms with Crippen LogP contribution in [0.15, 0.2) is 6.20 Å². The molecule has 1 unspecified atom stereocenters. The highest BCUT2D eigenvalue weighted by molar-refractivity contribution is 5.98. The summed E-state index contributed by atoms with van der Waals surface area (Å²) < 4.78 is 1.63. The van der Waals surface area contributed by atoms with Crippen LogP contribution in [0, 0.1) is 13.8 Å². The molecule has 1 fully saturated rings. The first-order valence-corrected chi connectivity index (χ1v) is 11.0. The Balaban J connectivity index is 1.45. The van der Waals surface area contributed by atoms with Gasteiger partial charge in [-0.15, -0.1) is 0 Å². The molecule has 164 valence electrons. The predicted molar refractivity (Wildman–Crippen MR) is 116 cm³/mol. The van der Waals surface area contributed by atoms with E-state index in [0.717, 1.165) is 42.9 Å². The molecule has 0 radical (unpaired) electrons. The van der Waals surface area contributed by atoms with Crippen LogP contribution in [0.2, 0.25) is 0 Å². The van der Waals surface area contributed by atoms with Gasteiger partial charge in [0.25, 0.3) is 5.91 Å². The van der Waals surface area contributed by atoms with E-state index in [1.54, 1.807) is 4.52 Å². The number of fused-ring (bicyclic) bond motifs is 1. The molecular weight excluding hydrogens is 380 g/mol. The van der Waals surface area contributed by atoms with E-state index >= 15 is 0 Å². The van der Waals surface area contributed by atoms with Gasteiger partial charge in [-0.2, -0.15) is 5.10 Å². The summed E-state index contributed by atoms with van der Waals surface area (Å²) in [5, 5.41) is 7.27. The Bertz CT molecular complexity index is 907. The number of amides is 2. The molecule has 0 aromatic carbocycles. The Labute approximate surface area is 178 Å². The highest BCUT2D eigenvalue weighted by Gasteiger charge is 2.18. The summed E-state index contributed by atoms with van der Waals surface area (Å²) in [4.78, 5) is 30.9. The maximum atomic E-state index is 12.3. The van der Waals surface area contributed by atoms with Crippen LogP contribution in [0.25, 0.3) is 5.65 Å². The minimum atomic E-state index is -0.543. The number of nitrogens with two attached hydrogens (primary N) is 1. The molecule has 0 spiro atoms. The first kappa shape index (κ1) is 22.2. The molecule has 8 heteroatoms. The second kappa shape index (κ2) is 10.0. The number of hydrogen-bond acceptors (Lipinski definition) is 5. The summed E-state index contributed by atoms with van der Waals surface area (Å²) in [5.41, 5.74) is 8.83. The van der Waals surface area contributed by atoms with Gasteiger partial charge in [0.05, 0.1) is 6.20 Å². The van der Waals surface area contributed by atoms with Gasteiger partial charge in [-0.05, 0) is 71.5 Å². The molecule has 3 heterocycles. The Hall–Kier alpha value is -2.48. The number of primary amides is 1. The Morgan fingerprint density at radius 2 is 2.07 bits per heavy atom. The van der Waals surface area contributed by atoms with Crippen LogP contribution in [0.3, 0.4) is 0 Å². The topological polar surface area (TPSA) is 106 Å². The third-order valence-electron chi connectivity index (χ3n) is 6.21. The SMILES string of the molecule is Cc1nc2c(C(N)=O)cnn2c(C)c1CCC(=O)NCCCCN1CCCCC1C. The number of likely N-dealkylation sites (tertiary alicyclic amines) is 1. The molecular formula is C22H34N6O2. The average molecular weight is 415 g/mol. The maximum Gasteiger partial charge on any atom is 0.254 e. The van der Waals surface area contributed by atoms with Crippen LogP contribution in [0.4, 0.5) is 0 Å². The van der Waals surface area contributed by atoms with E-state index in [2.05, 4.69) is 27.2 Å². The Morgan fingerprint density at radius 1 is 1.27 bits per heavy atom. The van der Waals surface area contributed by atoms with Gasteiger partial charge in [-0.25, -0.2) is 9.50 Å². The van der Waals surface area contributed by atoms with Crippen molar-refractivity contribution in [3.63, 3.8) is 0 Å². The number of unbranched alkanes of at least 4 members (excludes halogenated alkanes) is 1. The number of carbonyl (C=O) groups is 2. The Morgan fingerprint density at radius 3 is 2.80 bits per heavy atom. The zero-order chi connectivity index (χ0) is 21.7. The van der Waals surface area contributed by atoms with Gasteiger partial charge < -0.3 is 16.0 Å². The van der Waals surface area contributed by atoms with E-state index in [9.17, 15) is 9.59 Å². The quantitative estimate of drug-likeness (QED) is 0.612. The van der Waals surface area contributed by atoms with Gasteiger partial charge in [0, 0.05) is 30.4 Å². The lowest BCUT2D eigenvalue weighted by molar-refractivity contribution is -0.121. The number of nitrogens with zero attached hydrogens (tertiary/aromatic N) is 4. The summed E-state index contributed by atoms with van der Waals surface area (Å²) >= 11 is 0. The van der Waals surface area contributed by atoms with Gasteiger partial charge in [0.1, 0.15) is 5.56 Å². The zero-order valence-corrected chi connectivity index (χ0v) is 18.4. The highest BCUT2D eigenvalue weighted by atomic mass is 16.1. The first-order valence-electron chi connectivity index (χ1n) is 11.0. The van der Waals surface area contributed by atoms with Crippen LogP contribution >= 0.6 is 0 Å². The van der Waals surface area contributed by atoms with Crippen molar-refractivity contribution in [2.45, 2.75) is 71.8 Å². The molecule has 2 aromatic heterocycles. The van der Waals surface area contributed by atoms with Gasteiger partial charge in [0.15, 0.2) is 5.65 Å². The number of aryl methyl sites for hydroxylation is 2. The molecule has 1 saturated heterocycles. The molecule has 30 heavy (non-hydrogen) atoms.